The van der Waals surface area contributed by atoms with Crippen LogP contribution in [0.4, 0.5) is 0 Å². The third-order valence-electron chi connectivity index (χ3n) is 4.48. The van der Waals surface area contributed by atoms with Crippen LogP contribution in [0.15, 0.2) is 28.8 Å². The maximum Gasteiger partial charge on any atom is 0.259 e. The van der Waals surface area contributed by atoms with Gasteiger partial charge in [-0.3, -0.25) is 4.79 Å². The van der Waals surface area contributed by atoms with E-state index in [1.807, 2.05) is 36.1 Å². The molecule has 1 aromatic heterocycles. The van der Waals surface area contributed by atoms with Gasteiger partial charge < -0.3 is 19.5 Å². The molecule has 128 valence electrons. The number of ether oxygens (including phenoxy) is 1. The van der Waals surface area contributed by atoms with E-state index in [-0.39, 0.29) is 11.9 Å². The van der Waals surface area contributed by atoms with Gasteiger partial charge in [0.2, 0.25) is 0 Å². The first-order chi connectivity index (χ1) is 11.7. The highest BCUT2D eigenvalue weighted by molar-refractivity contribution is 5.96. The van der Waals surface area contributed by atoms with Gasteiger partial charge in [-0.1, -0.05) is 30.3 Å². The normalized spacial score (nSPS) is 17.8. The van der Waals surface area contributed by atoms with E-state index in [1.54, 1.807) is 14.0 Å². The van der Waals surface area contributed by atoms with Crippen molar-refractivity contribution in [3.63, 3.8) is 0 Å². The Morgan fingerprint density at radius 1 is 1.46 bits per heavy atom. The fourth-order valence-electron chi connectivity index (χ4n) is 3.24. The lowest BCUT2D eigenvalue weighted by atomic mass is 10.00. The Bertz CT molecular complexity index is 726. The molecule has 2 aromatic rings. The zero-order chi connectivity index (χ0) is 17.1. The van der Waals surface area contributed by atoms with Gasteiger partial charge in [0.25, 0.3) is 5.91 Å². The van der Waals surface area contributed by atoms with Gasteiger partial charge in [-0.25, -0.2) is 0 Å². The van der Waals surface area contributed by atoms with Crippen LogP contribution >= 0.6 is 0 Å². The van der Waals surface area contributed by atoms with E-state index < -0.39 is 0 Å². The summed E-state index contributed by atoms with van der Waals surface area (Å²) < 4.78 is 10.7. The molecule has 6 heteroatoms. The lowest BCUT2D eigenvalue weighted by Crippen LogP contribution is -2.49. The van der Waals surface area contributed by atoms with Crippen molar-refractivity contribution in [1.82, 2.24) is 15.4 Å². The number of carbonyl (C=O) groups excluding carboxylic acids is 1. The molecule has 1 aliphatic rings. The van der Waals surface area contributed by atoms with Crippen molar-refractivity contribution in [2.75, 3.05) is 26.7 Å². The van der Waals surface area contributed by atoms with Gasteiger partial charge in [-0.15, -0.1) is 0 Å². The molecule has 1 atom stereocenters. The average Bonchev–Trinajstić information content (AvgIpc) is 3.01. The highest BCUT2D eigenvalue weighted by atomic mass is 16.5. The minimum atomic E-state index is -0.0820. The van der Waals surface area contributed by atoms with Crippen molar-refractivity contribution >= 4 is 5.91 Å². The molecule has 0 aliphatic carbocycles. The first kappa shape index (κ1) is 16.5. The monoisotopic (exact) mass is 329 g/mol. The summed E-state index contributed by atoms with van der Waals surface area (Å²) in [4.78, 5) is 15.1. The van der Waals surface area contributed by atoms with Crippen LogP contribution in [0, 0.1) is 6.92 Å². The SMILES string of the molecule is CCc1noc(C)c1C(=O)N1CCNC[C@H]1c1ccccc1OC. The summed E-state index contributed by atoms with van der Waals surface area (Å²) in [5, 5.41) is 7.39. The molecule has 1 aliphatic heterocycles. The molecule has 0 bridgehead atoms. The minimum Gasteiger partial charge on any atom is -0.496 e. The number of hydrogen-bond donors (Lipinski definition) is 1. The number of benzene rings is 1. The van der Waals surface area contributed by atoms with E-state index in [9.17, 15) is 4.79 Å². The second-order valence-electron chi connectivity index (χ2n) is 5.87. The Kier molecular flexibility index (Phi) is 4.85. The molecular weight excluding hydrogens is 306 g/mol. The third-order valence-corrected chi connectivity index (χ3v) is 4.48. The topological polar surface area (TPSA) is 67.6 Å². The van der Waals surface area contributed by atoms with Crippen molar-refractivity contribution < 1.29 is 14.1 Å². The van der Waals surface area contributed by atoms with Crippen LogP contribution in [0.25, 0.3) is 0 Å². The third kappa shape index (κ3) is 2.89. The van der Waals surface area contributed by atoms with Gasteiger partial charge in [0.1, 0.15) is 17.1 Å². The molecule has 1 fully saturated rings. The predicted octanol–water partition coefficient (Wildman–Crippen LogP) is 2.34. The Morgan fingerprint density at radius 2 is 2.25 bits per heavy atom. The second-order valence-corrected chi connectivity index (χ2v) is 5.87. The zero-order valence-electron chi connectivity index (χ0n) is 14.3. The molecule has 1 aromatic carbocycles. The number of nitrogens with one attached hydrogen (secondary N) is 1. The molecular formula is C18H23N3O3. The Balaban J connectivity index is 1.98. The van der Waals surface area contributed by atoms with Gasteiger partial charge in [-0.2, -0.15) is 0 Å². The van der Waals surface area contributed by atoms with Gasteiger partial charge in [0.15, 0.2) is 0 Å². The van der Waals surface area contributed by atoms with E-state index >= 15 is 0 Å². The summed E-state index contributed by atoms with van der Waals surface area (Å²) in [6.45, 7) is 5.86. The number of hydrogen-bond acceptors (Lipinski definition) is 5. The van der Waals surface area contributed by atoms with Gasteiger partial charge >= 0.3 is 0 Å². The van der Waals surface area contributed by atoms with E-state index in [1.165, 1.54) is 0 Å². The molecule has 0 spiro atoms. The molecule has 24 heavy (non-hydrogen) atoms. The average molecular weight is 329 g/mol. The number of aryl methyl sites for hydroxylation is 2. The highest BCUT2D eigenvalue weighted by Crippen LogP contribution is 2.32. The van der Waals surface area contributed by atoms with E-state index in [0.29, 0.717) is 30.8 Å². The summed E-state index contributed by atoms with van der Waals surface area (Å²) in [5.41, 5.74) is 2.32. The van der Waals surface area contributed by atoms with Crippen molar-refractivity contribution in [3.8, 4) is 5.75 Å². The Hall–Kier alpha value is -2.34. The number of methoxy groups -OCH3 is 1. The van der Waals surface area contributed by atoms with Gasteiger partial charge in [0.05, 0.1) is 18.8 Å². The summed E-state index contributed by atoms with van der Waals surface area (Å²) in [7, 11) is 1.65. The fraction of sp³-hybridized carbons (Fsp3) is 0.444. The maximum atomic E-state index is 13.2. The lowest BCUT2D eigenvalue weighted by molar-refractivity contribution is 0.0629. The predicted molar refractivity (Wildman–Crippen MR) is 90.3 cm³/mol. The summed E-state index contributed by atoms with van der Waals surface area (Å²) >= 11 is 0. The van der Waals surface area contributed by atoms with Crippen LogP contribution < -0.4 is 10.1 Å². The van der Waals surface area contributed by atoms with Crippen molar-refractivity contribution in [2.24, 2.45) is 0 Å². The largest absolute Gasteiger partial charge is 0.496 e. The number of rotatable bonds is 4. The number of amides is 1. The molecule has 1 amide bonds. The number of carbonyl (C=O) groups is 1. The van der Waals surface area contributed by atoms with Crippen LogP contribution in [-0.4, -0.2) is 42.7 Å². The van der Waals surface area contributed by atoms with Crippen LogP contribution in [0.1, 0.15) is 40.3 Å². The van der Waals surface area contributed by atoms with Crippen molar-refractivity contribution in [3.05, 3.63) is 46.8 Å². The highest BCUT2D eigenvalue weighted by Gasteiger charge is 2.33. The smallest absolute Gasteiger partial charge is 0.259 e. The van der Waals surface area contributed by atoms with Crippen LogP contribution in [0.3, 0.4) is 0 Å². The summed E-state index contributed by atoms with van der Waals surface area (Å²) in [6, 6.07) is 7.76. The minimum absolute atomic E-state index is 0.0250. The molecule has 2 heterocycles. The van der Waals surface area contributed by atoms with E-state index in [2.05, 4.69) is 10.5 Å². The molecule has 0 unspecified atom stereocenters. The van der Waals surface area contributed by atoms with Crippen molar-refractivity contribution in [1.29, 1.82) is 0 Å². The summed E-state index contributed by atoms with van der Waals surface area (Å²) in [5.74, 6) is 1.35. The number of para-hydroxylation sites is 1. The lowest BCUT2D eigenvalue weighted by Gasteiger charge is -2.37. The zero-order valence-corrected chi connectivity index (χ0v) is 14.3. The quantitative estimate of drug-likeness (QED) is 0.932. The van der Waals surface area contributed by atoms with Crippen LogP contribution in [0.5, 0.6) is 5.75 Å². The second kappa shape index (κ2) is 7.05. The number of nitrogens with zero attached hydrogens (tertiary/aromatic N) is 2. The molecule has 3 rings (SSSR count). The number of aromatic nitrogens is 1. The van der Waals surface area contributed by atoms with Crippen LogP contribution in [-0.2, 0) is 6.42 Å². The molecule has 0 saturated carbocycles. The maximum absolute atomic E-state index is 13.2. The fourth-order valence-corrected chi connectivity index (χ4v) is 3.24. The van der Waals surface area contributed by atoms with E-state index in [0.717, 1.165) is 23.6 Å². The number of piperazine rings is 1. The summed E-state index contributed by atoms with van der Waals surface area (Å²) in [6.07, 6.45) is 0.670. The molecule has 0 radical (unpaired) electrons. The molecule has 6 nitrogen and oxygen atoms in total. The van der Waals surface area contributed by atoms with Crippen molar-refractivity contribution in [2.45, 2.75) is 26.3 Å². The Morgan fingerprint density at radius 3 is 3.00 bits per heavy atom. The van der Waals surface area contributed by atoms with Gasteiger partial charge in [0, 0.05) is 25.2 Å². The molecule has 1 N–H and O–H groups in total. The van der Waals surface area contributed by atoms with E-state index in [4.69, 9.17) is 9.26 Å². The first-order valence-electron chi connectivity index (χ1n) is 8.27. The Labute approximate surface area is 141 Å². The van der Waals surface area contributed by atoms with Crippen LogP contribution in [0.2, 0.25) is 0 Å². The standard InChI is InChI=1S/C18H23N3O3/c1-4-14-17(12(2)24-20-14)18(22)21-10-9-19-11-15(21)13-7-5-6-8-16(13)23-3/h5-8,15,19H,4,9-11H2,1-3H3/t15-/m0/s1. The van der Waals surface area contributed by atoms with Gasteiger partial charge in [-0.05, 0) is 19.4 Å². The molecule has 1 saturated heterocycles. The first-order valence-corrected chi connectivity index (χ1v) is 8.27.